The molecule has 1 heterocycles. The molecule has 1 aromatic carbocycles. The van der Waals surface area contributed by atoms with Gasteiger partial charge >= 0.3 is 0 Å². The second-order valence-corrected chi connectivity index (χ2v) is 3.17. The molecule has 76 valence electrons. The Hall–Kier alpha value is -1.22. The SMILES string of the molecule is CNC(=O)C1Cc2ccccc2N1.Cl. The molecule has 0 saturated heterocycles. The number of anilines is 1. The molecule has 1 amide bonds. The highest BCUT2D eigenvalue weighted by Crippen LogP contribution is 2.24. The Morgan fingerprint density at radius 1 is 1.50 bits per heavy atom. The molecule has 1 aliphatic rings. The zero-order valence-electron chi connectivity index (χ0n) is 7.91. The minimum Gasteiger partial charge on any atom is -0.373 e. The van der Waals surface area contributed by atoms with Gasteiger partial charge in [-0.1, -0.05) is 18.2 Å². The van der Waals surface area contributed by atoms with Crippen molar-refractivity contribution in [3.8, 4) is 0 Å². The number of halogens is 1. The highest BCUT2D eigenvalue weighted by molar-refractivity contribution is 5.87. The summed E-state index contributed by atoms with van der Waals surface area (Å²) in [5, 5.41) is 5.81. The summed E-state index contributed by atoms with van der Waals surface area (Å²) >= 11 is 0. The van der Waals surface area contributed by atoms with E-state index < -0.39 is 0 Å². The van der Waals surface area contributed by atoms with Gasteiger partial charge in [-0.3, -0.25) is 4.79 Å². The molecule has 14 heavy (non-hydrogen) atoms. The maximum atomic E-state index is 11.3. The number of hydrogen-bond donors (Lipinski definition) is 2. The Kier molecular flexibility index (Phi) is 3.36. The van der Waals surface area contributed by atoms with E-state index in [1.54, 1.807) is 7.05 Å². The molecule has 1 unspecified atom stereocenters. The zero-order chi connectivity index (χ0) is 9.26. The number of hydrogen-bond acceptors (Lipinski definition) is 2. The van der Waals surface area contributed by atoms with E-state index in [1.165, 1.54) is 5.56 Å². The largest absolute Gasteiger partial charge is 0.373 e. The van der Waals surface area contributed by atoms with Crippen LogP contribution in [-0.4, -0.2) is 19.0 Å². The normalized spacial score (nSPS) is 17.6. The van der Waals surface area contributed by atoms with Crippen LogP contribution in [0.25, 0.3) is 0 Å². The summed E-state index contributed by atoms with van der Waals surface area (Å²) in [4.78, 5) is 11.3. The molecule has 0 radical (unpaired) electrons. The van der Waals surface area contributed by atoms with Gasteiger partial charge in [0.1, 0.15) is 6.04 Å². The smallest absolute Gasteiger partial charge is 0.242 e. The van der Waals surface area contributed by atoms with Crippen LogP contribution in [0.5, 0.6) is 0 Å². The van der Waals surface area contributed by atoms with E-state index in [0.29, 0.717) is 0 Å². The average molecular weight is 213 g/mol. The maximum Gasteiger partial charge on any atom is 0.242 e. The van der Waals surface area contributed by atoms with Crippen molar-refractivity contribution in [1.29, 1.82) is 0 Å². The summed E-state index contributed by atoms with van der Waals surface area (Å²) in [6, 6.07) is 7.91. The van der Waals surface area contributed by atoms with Crippen molar-refractivity contribution in [2.75, 3.05) is 12.4 Å². The number of rotatable bonds is 1. The first-order valence-corrected chi connectivity index (χ1v) is 4.37. The van der Waals surface area contributed by atoms with Gasteiger partial charge in [0.2, 0.25) is 5.91 Å². The van der Waals surface area contributed by atoms with Crippen LogP contribution in [0.4, 0.5) is 5.69 Å². The predicted octanol–water partition coefficient (Wildman–Crippen LogP) is 1.19. The molecule has 2 rings (SSSR count). The number of fused-ring (bicyclic) bond motifs is 1. The minimum absolute atomic E-state index is 0. The Morgan fingerprint density at radius 3 is 2.86 bits per heavy atom. The standard InChI is InChI=1S/C10H12N2O.ClH/c1-11-10(13)9-6-7-4-2-3-5-8(7)12-9;/h2-5,9,12H,6H2,1H3,(H,11,13);1H. The Balaban J connectivity index is 0.000000980. The first-order chi connectivity index (χ1) is 6.31. The fourth-order valence-corrected chi connectivity index (χ4v) is 1.63. The number of para-hydroxylation sites is 1. The fourth-order valence-electron chi connectivity index (χ4n) is 1.63. The van der Waals surface area contributed by atoms with E-state index in [1.807, 2.05) is 24.3 Å². The summed E-state index contributed by atoms with van der Waals surface area (Å²) in [6.45, 7) is 0. The van der Waals surface area contributed by atoms with Crippen LogP contribution in [0.3, 0.4) is 0 Å². The van der Waals surface area contributed by atoms with Crippen LogP contribution in [0.2, 0.25) is 0 Å². The molecule has 4 heteroatoms. The van der Waals surface area contributed by atoms with Crippen LogP contribution < -0.4 is 10.6 Å². The molecule has 1 aliphatic heterocycles. The number of carbonyl (C=O) groups excluding carboxylic acids is 1. The van der Waals surface area contributed by atoms with Crippen LogP contribution in [0.1, 0.15) is 5.56 Å². The van der Waals surface area contributed by atoms with Crippen molar-refractivity contribution in [2.24, 2.45) is 0 Å². The number of amides is 1. The third kappa shape index (κ3) is 1.82. The third-order valence-corrected chi connectivity index (χ3v) is 2.33. The van der Waals surface area contributed by atoms with E-state index in [9.17, 15) is 4.79 Å². The number of benzene rings is 1. The van der Waals surface area contributed by atoms with Crippen LogP contribution in [0.15, 0.2) is 24.3 Å². The van der Waals surface area contributed by atoms with E-state index >= 15 is 0 Å². The van der Waals surface area contributed by atoms with Gasteiger partial charge in [-0.05, 0) is 11.6 Å². The Morgan fingerprint density at radius 2 is 2.21 bits per heavy atom. The monoisotopic (exact) mass is 212 g/mol. The maximum absolute atomic E-state index is 11.3. The molecular weight excluding hydrogens is 200 g/mol. The van der Waals surface area contributed by atoms with Gasteiger partial charge < -0.3 is 10.6 Å². The molecule has 2 N–H and O–H groups in total. The topological polar surface area (TPSA) is 41.1 Å². The molecule has 0 aromatic heterocycles. The van der Waals surface area contributed by atoms with E-state index in [4.69, 9.17) is 0 Å². The number of likely N-dealkylation sites (N-methyl/N-ethyl adjacent to an activating group) is 1. The summed E-state index contributed by atoms with van der Waals surface area (Å²) in [5.74, 6) is 0.0520. The van der Waals surface area contributed by atoms with Gasteiger partial charge in [0.25, 0.3) is 0 Å². The van der Waals surface area contributed by atoms with Gasteiger partial charge in [0, 0.05) is 19.2 Å². The summed E-state index contributed by atoms with van der Waals surface area (Å²) in [6.07, 6.45) is 0.788. The van der Waals surface area contributed by atoms with Crippen molar-refractivity contribution >= 4 is 24.0 Å². The molecule has 0 bridgehead atoms. The zero-order valence-corrected chi connectivity index (χ0v) is 8.73. The molecular formula is C10H13ClN2O. The Labute approximate surface area is 89.3 Å². The van der Waals surface area contributed by atoms with E-state index in [0.717, 1.165) is 12.1 Å². The lowest BCUT2D eigenvalue weighted by Gasteiger charge is -2.08. The highest BCUT2D eigenvalue weighted by atomic mass is 35.5. The van der Waals surface area contributed by atoms with Crippen molar-refractivity contribution in [3.05, 3.63) is 29.8 Å². The van der Waals surface area contributed by atoms with E-state index in [-0.39, 0.29) is 24.4 Å². The molecule has 1 atom stereocenters. The molecule has 0 saturated carbocycles. The van der Waals surface area contributed by atoms with Crippen molar-refractivity contribution in [1.82, 2.24) is 5.32 Å². The van der Waals surface area contributed by atoms with Crippen LogP contribution in [0, 0.1) is 0 Å². The highest BCUT2D eigenvalue weighted by Gasteiger charge is 2.24. The first kappa shape index (κ1) is 10.9. The second kappa shape index (κ2) is 4.33. The lowest BCUT2D eigenvalue weighted by Crippen LogP contribution is -2.36. The number of nitrogens with one attached hydrogen (secondary N) is 2. The molecule has 0 spiro atoms. The predicted molar refractivity (Wildman–Crippen MR) is 58.9 cm³/mol. The summed E-state index contributed by atoms with van der Waals surface area (Å²) in [5.41, 5.74) is 2.30. The summed E-state index contributed by atoms with van der Waals surface area (Å²) in [7, 11) is 1.66. The van der Waals surface area contributed by atoms with E-state index in [2.05, 4.69) is 10.6 Å². The van der Waals surface area contributed by atoms with Crippen LogP contribution >= 0.6 is 12.4 Å². The molecule has 0 fully saturated rings. The first-order valence-electron chi connectivity index (χ1n) is 4.37. The lowest BCUT2D eigenvalue weighted by molar-refractivity contribution is -0.121. The second-order valence-electron chi connectivity index (χ2n) is 3.17. The van der Waals surface area contributed by atoms with Crippen molar-refractivity contribution in [3.63, 3.8) is 0 Å². The van der Waals surface area contributed by atoms with Crippen molar-refractivity contribution < 1.29 is 4.79 Å². The average Bonchev–Trinajstić information content (AvgIpc) is 2.59. The van der Waals surface area contributed by atoms with Gasteiger partial charge in [-0.15, -0.1) is 12.4 Å². The molecule has 0 aliphatic carbocycles. The third-order valence-electron chi connectivity index (χ3n) is 2.33. The van der Waals surface area contributed by atoms with Gasteiger partial charge in [-0.2, -0.15) is 0 Å². The minimum atomic E-state index is -0.0950. The van der Waals surface area contributed by atoms with Gasteiger partial charge in [0.05, 0.1) is 0 Å². The lowest BCUT2D eigenvalue weighted by atomic mass is 10.1. The quantitative estimate of drug-likeness (QED) is 0.735. The number of carbonyl (C=O) groups is 1. The molecule has 3 nitrogen and oxygen atoms in total. The molecule has 1 aromatic rings. The van der Waals surface area contributed by atoms with Crippen LogP contribution in [-0.2, 0) is 11.2 Å². The Bertz CT molecular complexity index is 316. The van der Waals surface area contributed by atoms with Gasteiger partial charge in [0.15, 0.2) is 0 Å². The summed E-state index contributed by atoms with van der Waals surface area (Å²) < 4.78 is 0. The van der Waals surface area contributed by atoms with Crippen molar-refractivity contribution in [2.45, 2.75) is 12.5 Å². The fraction of sp³-hybridized carbons (Fsp3) is 0.300. The van der Waals surface area contributed by atoms with Gasteiger partial charge in [-0.25, -0.2) is 0 Å².